The highest BCUT2D eigenvalue weighted by Crippen LogP contribution is 2.19. The average Bonchev–Trinajstić information content (AvgIpc) is 2.65. The molecule has 0 aliphatic carbocycles. The summed E-state index contributed by atoms with van der Waals surface area (Å²) in [4.78, 5) is 22.1. The highest BCUT2D eigenvalue weighted by atomic mass is 16.6. The van der Waals surface area contributed by atoms with Gasteiger partial charge >= 0.3 is 0 Å². The molecule has 0 saturated heterocycles. The van der Waals surface area contributed by atoms with Crippen LogP contribution in [0.15, 0.2) is 48.5 Å². The van der Waals surface area contributed by atoms with Crippen LogP contribution in [-0.2, 0) is 11.2 Å². The predicted octanol–water partition coefficient (Wildman–Crippen LogP) is 3.15. The van der Waals surface area contributed by atoms with Crippen LogP contribution in [0.2, 0.25) is 0 Å². The van der Waals surface area contributed by atoms with Crippen molar-refractivity contribution in [3.63, 3.8) is 0 Å². The summed E-state index contributed by atoms with van der Waals surface area (Å²) in [6, 6.07) is 13.9. The minimum atomic E-state index is -0.437. The van der Waals surface area contributed by atoms with Gasteiger partial charge in [0, 0.05) is 37.3 Å². The summed E-state index contributed by atoms with van der Waals surface area (Å²) in [5.74, 6) is 0.796. The van der Waals surface area contributed by atoms with Crippen LogP contribution in [0.1, 0.15) is 18.9 Å². The minimum absolute atomic E-state index is 0.0261. The first-order valence-electron chi connectivity index (χ1n) is 8.56. The van der Waals surface area contributed by atoms with E-state index in [2.05, 4.69) is 10.6 Å². The number of hydrogen-bond acceptors (Lipinski definition) is 5. The maximum atomic E-state index is 12.0. The molecule has 2 rings (SSSR count). The highest BCUT2D eigenvalue weighted by Gasteiger charge is 2.07. The summed E-state index contributed by atoms with van der Waals surface area (Å²) in [5, 5.41) is 16.6. The van der Waals surface area contributed by atoms with Crippen molar-refractivity contribution in [1.29, 1.82) is 0 Å². The van der Waals surface area contributed by atoms with Gasteiger partial charge in [-0.25, -0.2) is 0 Å². The van der Waals surface area contributed by atoms with Crippen LogP contribution in [0.3, 0.4) is 0 Å². The number of hydrogen-bond donors (Lipinski definition) is 2. The Labute approximate surface area is 152 Å². The summed E-state index contributed by atoms with van der Waals surface area (Å²) in [6.45, 7) is 3.54. The molecule has 0 bridgehead atoms. The zero-order chi connectivity index (χ0) is 18.8. The molecule has 138 valence electrons. The summed E-state index contributed by atoms with van der Waals surface area (Å²) >= 11 is 0. The summed E-state index contributed by atoms with van der Waals surface area (Å²) in [6.07, 6.45) is 1.01. The van der Waals surface area contributed by atoms with Crippen LogP contribution >= 0.6 is 0 Å². The van der Waals surface area contributed by atoms with Crippen LogP contribution in [0.5, 0.6) is 5.75 Å². The lowest BCUT2D eigenvalue weighted by atomic mass is 10.1. The minimum Gasteiger partial charge on any atom is -0.494 e. The molecule has 2 N–H and O–H groups in total. The van der Waals surface area contributed by atoms with Crippen LogP contribution in [0.4, 0.5) is 11.4 Å². The number of nitro groups is 1. The first-order chi connectivity index (χ1) is 12.6. The van der Waals surface area contributed by atoms with E-state index in [1.54, 1.807) is 12.1 Å². The summed E-state index contributed by atoms with van der Waals surface area (Å²) in [5.41, 5.74) is 1.85. The number of nitro benzene ring substituents is 1. The van der Waals surface area contributed by atoms with Crippen molar-refractivity contribution in [3.8, 4) is 5.75 Å². The number of aryl methyl sites for hydroxylation is 1. The average molecular weight is 357 g/mol. The van der Waals surface area contributed by atoms with E-state index >= 15 is 0 Å². The zero-order valence-corrected chi connectivity index (χ0v) is 14.7. The van der Waals surface area contributed by atoms with Gasteiger partial charge in [0.25, 0.3) is 5.69 Å². The molecule has 7 heteroatoms. The van der Waals surface area contributed by atoms with Gasteiger partial charge in [0.2, 0.25) is 5.91 Å². The number of rotatable bonds is 10. The third-order valence-corrected chi connectivity index (χ3v) is 3.75. The first-order valence-corrected chi connectivity index (χ1v) is 8.56. The van der Waals surface area contributed by atoms with E-state index in [1.165, 1.54) is 12.1 Å². The molecule has 0 aromatic heterocycles. The van der Waals surface area contributed by atoms with Crippen LogP contribution < -0.4 is 15.4 Å². The molecular weight excluding hydrogens is 334 g/mol. The topological polar surface area (TPSA) is 93.5 Å². The molecule has 0 heterocycles. The van der Waals surface area contributed by atoms with Crippen molar-refractivity contribution in [2.24, 2.45) is 0 Å². The lowest BCUT2D eigenvalue weighted by Gasteiger charge is -2.10. The maximum Gasteiger partial charge on any atom is 0.269 e. The standard InChI is InChI=1S/C19H23N3O4/c1-2-26-18-6-4-3-5-15(18)7-12-19(23)21-14-13-20-16-8-10-17(11-9-16)22(24)25/h3-6,8-11,20H,2,7,12-14H2,1H3,(H,21,23). The largest absolute Gasteiger partial charge is 0.494 e. The first kappa shape index (κ1) is 19.2. The van der Waals surface area contributed by atoms with Crippen molar-refractivity contribution < 1.29 is 14.5 Å². The Hall–Kier alpha value is -3.09. The molecule has 26 heavy (non-hydrogen) atoms. The van der Waals surface area contributed by atoms with Gasteiger partial charge in [0.15, 0.2) is 0 Å². The van der Waals surface area contributed by atoms with Crippen LogP contribution in [0.25, 0.3) is 0 Å². The number of non-ortho nitro benzene ring substituents is 1. The van der Waals surface area contributed by atoms with Crippen LogP contribution in [-0.4, -0.2) is 30.5 Å². The number of benzene rings is 2. The summed E-state index contributed by atoms with van der Waals surface area (Å²) < 4.78 is 5.56. The van der Waals surface area contributed by atoms with E-state index in [1.807, 2.05) is 31.2 Å². The van der Waals surface area contributed by atoms with Gasteiger partial charge in [-0.05, 0) is 37.1 Å². The quantitative estimate of drug-likeness (QED) is 0.387. The Bertz CT molecular complexity index is 732. The van der Waals surface area contributed by atoms with Crippen molar-refractivity contribution >= 4 is 17.3 Å². The Kier molecular flexibility index (Phi) is 7.42. The molecular formula is C19H23N3O4. The fourth-order valence-corrected chi connectivity index (χ4v) is 2.45. The number of carbonyl (C=O) groups is 1. The Morgan fingerprint density at radius 2 is 1.85 bits per heavy atom. The third-order valence-electron chi connectivity index (χ3n) is 3.75. The molecule has 2 aromatic rings. The molecule has 0 aliphatic rings. The fraction of sp³-hybridized carbons (Fsp3) is 0.316. The van der Waals surface area contributed by atoms with E-state index in [0.29, 0.717) is 32.5 Å². The van der Waals surface area contributed by atoms with E-state index in [-0.39, 0.29) is 11.6 Å². The number of nitrogens with one attached hydrogen (secondary N) is 2. The number of para-hydroxylation sites is 1. The van der Waals surface area contributed by atoms with Crippen molar-refractivity contribution in [3.05, 3.63) is 64.2 Å². The van der Waals surface area contributed by atoms with Gasteiger partial charge < -0.3 is 15.4 Å². The zero-order valence-electron chi connectivity index (χ0n) is 14.7. The molecule has 0 atom stereocenters. The molecule has 0 saturated carbocycles. The molecule has 7 nitrogen and oxygen atoms in total. The maximum absolute atomic E-state index is 12.0. The van der Waals surface area contributed by atoms with E-state index in [4.69, 9.17) is 4.74 Å². The van der Waals surface area contributed by atoms with Gasteiger partial charge in [0.1, 0.15) is 5.75 Å². The molecule has 0 unspecified atom stereocenters. The molecule has 0 fully saturated rings. The van der Waals surface area contributed by atoms with Crippen molar-refractivity contribution in [2.75, 3.05) is 25.0 Å². The molecule has 0 aliphatic heterocycles. The predicted molar refractivity (Wildman–Crippen MR) is 101 cm³/mol. The van der Waals surface area contributed by atoms with E-state index in [9.17, 15) is 14.9 Å². The SMILES string of the molecule is CCOc1ccccc1CCC(=O)NCCNc1ccc([N+](=O)[O-])cc1. The number of nitrogens with zero attached hydrogens (tertiary/aromatic N) is 1. The van der Waals surface area contributed by atoms with Gasteiger partial charge in [-0.3, -0.25) is 14.9 Å². The second kappa shape index (κ2) is 10.0. The molecule has 1 amide bonds. The van der Waals surface area contributed by atoms with Crippen LogP contribution in [0, 0.1) is 10.1 Å². The smallest absolute Gasteiger partial charge is 0.269 e. The third kappa shape index (κ3) is 6.08. The number of amides is 1. The molecule has 0 spiro atoms. The van der Waals surface area contributed by atoms with Gasteiger partial charge in [-0.1, -0.05) is 18.2 Å². The molecule has 2 aromatic carbocycles. The Morgan fingerprint density at radius 3 is 2.54 bits per heavy atom. The van der Waals surface area contributed by atoms with Crippen molar-refractivity contribution in [1.82, 2.24) is 5.32 Å². The van der Waals surface area contributed by atoms with E-state index < -0.39 is 4.92 Å². The highest BCUT2D eigenvalue weighted by molar-refractivity contribution is 5.76. The number of carbonyl (C=O) groups excluding carboxylic acids is 1. The Morgan fingerprint density at radius 1 is 1.12 bits per heavy atom. The monoisotopic (exact) mass is 357 g/mol. The lowest BCUT2D eigenvalue weighted by molar-refractivity contribution is -0.384. The second-order valence-electron chi connectivity index (χ2n) is 5.62. The van der Waals surface area contributed by atoms with Gasteiger partial charge in [0.05, 0.1) is 11.5 Å². The van der Waals surface area contributed by atoms with Crippen molar-refractivity contribution in [2.45, 2.75) is 19.8 Å². The van der Waals surface area contributed by atoms with Gasteiger partial charge in [-0.15, -0.1) is 0 Å². The number of ether oxygens (including phenoxy) is 1. The summed E-state index contributed by atoms with van der Waals surface area (Å²) in [7, 11) is 0. The fourth-order valence-electron chi connectivity index (χ4n) is 2.45. The van der Waals surface area contributed by atoms with Gasteiger partial charge in [-0.2, -0.15) is 0 Å². The normalized spacial score (nSPS) is 10.2. The number of anilines is 1. The Balaban J connectivity index is 1.68. The molecule has 0 radical (unpaired) electrons. The lowest BCUT2D eigenvalue weighted by Crippen LogP contribution is -2.28. The second-order valence-corrected chi connectivity index (χ2v) is 5.62. The van der Waals surface area contributed by atoms with E-state index in [0.717, 1.165) is 17.0 Å².